The fourth-order valence-corrected chi connectivity index (χ4v) is 9.23. The molecule has 0 aliphatic carbocycles. The van der Waals surface area contributed by atoms with Gasteiger partial charge in [-0.05, 0) is 81.9 Å². The predicted molar refractivity (Wildman–Crippen MR) is 258 cm³/mol. The largest absolute Gasteiger partial charge is 0.309 e. The van der Waals surface area contributed by atoms with Crippen LogP contribution in [0.1, 0.15) is 0 Å². The summed E-state index contributed by atoms with van der Waals surface area (Å²) >= 11 is 0. The zero-order valence-electron chi connectivity index (χ0n) is 33.7. The minimum absolute atomic E-state index is 0.628. The van der Waals surface area contributed by atoms with Gasteiger partial charge < -0.3 is 4.57 Å². The van der Waals surface area contributed by atoms with E-state index in [-0.39, 0.29) is 0 Å². The molecule has 0 aliphatic heterocycles. The van der Waals surface area contributed by atoms with Crippen LogP contribution in [0.5, 0.6) is 0 Å². The van der Waals surface area contributed by atoms with Crippen molar-refractivity contribution in [1.82, 2.24) is 19.1 Å². The second-order valence-corrected chi connectivity index (χ2v) is 15.8. The molecule has 0 amide bonds. The molecule has 0 spiro atoms. The lowest BCUT2D eigenvalue weighted by Gasteiger charge is -2.13. The van der Waals surface area contributed by atoms with Crippen molar-refractivity contribution in [2.75, 3.05) is 0 Å². The summed E-state index contributed by atoms with van der Waals surface area (Å²) in [5.41, 5.74) is 16.5. The number of fused-ring (bicyclic) bond motifs is 6. The van der Waals surface area contributed by atoms with Crippen LogP contribution in [0.25, 0.3) is 111 Å². The van der Waals surface area contributed by atoms with Crippen molar-refractivity contribution in [1.29, 1.82) is 0 Å². The molecular weight excluding hydrogens is 753 g/mol. The molecule has 0 saturated heterocycles. The first-order valence-corrected chi connectivity index (χ1v) is 21.1. The minimum atomic E-state index is 0.628. The van der Waals surface area contributed by atoms with Crippen LogP contribution in [0, 0.1) is 0 Å². The first kappa shape index (κ1) is 35.6. The Balaban J connectivity index is 1.04. The molecule has 4 heteroatoms. The SMILES string of the molecule is c1ccc(-c2ccc(-c3cc(-c4ccc(-c5ccccc5)cc4)nc(-n4c5ccccc5c5cc(-c6cccc7c6c6ccccc6n7-c6ccccc6)ccc54)n3)cc2)cc1. The molecule has 3 heterocycles. The fourth-order valence-electron chi connectivity index (χ4n) is 9.23. The summed E-state index contributed by atoms with van der Waals surface area (Å²) < 4.78 is 4.62. The van der Waals surface area contributed by atoms with Crippen LogP contribution in [0.2, 0.25) is 0 Å². The smallest absolute Gasteiger partial charge is 0.235 e. The number of benzene rings is 9. The van der Waals surface area contributed by atoms with Crippen molar-refractivity contribution < 1.29 is 0 Å². The highest BCUT2D eigenvalue weighted by Crippen LogP contribution is 2.41. The first-order chi connectivity index (χ1) is 30.7. The molecule has 12 rings (SSSR count). The summed E-state index contributed by atoms with van der Waals surface area (Å²) in [4.78, 5) is 10.8. The van der Waals surface area contributed by atoms with E-state index in [1.54, 1.807) is 0 Å². The third-order valence-corrected chi connectivity index (χ3v) is 12.2. The van der Waals surface area contributed by atoms with Crippen LogP contribution < -0.4 is 0 Å². The molecule has 0 fully saturated rings. The van der Waals surface area contributed by atoms with Crippen LogP contribution >= 0.6 is 0 Å². The van der Waals surface area contributed by atoms with Gasteiger partial charge in [-0.25, -0.2) is 9.97 Å². The van der Waals surface area contributed by atoms with E-state index >= 15 is 0 Å². The van der Waals surface area contributed by atoms with E-state index < -0.39 is 0 Å². The van der Waals surface area contributed by atoms with Gasteiger partial charge in [0.2, 0.25) is 5.95 Å². The Morgan fingerprint density at radius 3 is 1.34 bits per heavy atom. The van der Waals surface area contributed by atoms with Crippen molar-refractivity contribution in [3.05, 3.63) is 231 Å². The third kappa shape index (κ3) is 6.00. The quantitative estimate of drug-likeness (QED) is 0.161. The van der Waals surface area contributed by atoms with Crippen molar-refractivity contribution in [2.45, 2.75) is 0 Å². The highest BCUT2D eigenvalue weighted by atomic mass is 15.2. The number of rotatable bonds is 7. The first-order valence-electron chi connectivity index (χ1n) is 21.1. The Hall–Kier alpha value is -8.34. The molecule has 3 aromatic heterocycles. The van der Waals surface area contributed by atoms with Crippen LogP contribution in [-0.2, 0) is 0 Å². The van der Waals surface area contributed by atoms with Crippen LogP contribution in [0.15, 0.2) is 231 Å². The van der Waals surface area contributed by atoms with E-state index in [0.717, 1.165) is 55.6 Å². The Morgan fingerprint density at radius 2 is 0.726 bits per heavy atom. The van der Waals surface area contributed by atoms with E-state index in [1.165, 1.54) is 49.6 Å². The number of aromatic nitrogens is 4. The van der Waals surface area contributed by atoms with Gasteiger partial charge in [0.1, 0.15) is 0 Å². The predicted octanol–water partition coefficient (Wildman–Crippen LogP) is 15.0. The summed E-state index contributed by atoms with van der Waals surface area (Å²) in [5.74, 6) is 0.628. The highest BCUT2D eigenvalue weighted by Gasteiger charge is 2.20. The van der Waals surface area contributed by atoms with Gasteiger partial charge in [-0.15, -0.1) is 0 Å². The molecule has 4 nitrogen and oxygen atoms in total. The van der Waals surface area contributed by atoms with Crippen molar-refractivity contribution in [2.24, 2.45) is 0 Å². The highest BCUT2D eigenvalue weighted by molar-refractivity contribution is 6.17. The van der Waals surface area contributed by atoms with Crippen LogP contribution in [-0.4, -0.2) is 19.1 Å². The minimum Gasteiger partial charge on any atom is -0.309 e. The van der Waals surface area contributed by atoms with Gasteiger partial charge in [-0.1, -0.05) is 182 Å². The fraction of sp³-hybridized carbons (Fsp3) is 0. The van der Waals surface area contributed by atoms with Gasteiger partial charge in [0.25, 0.3) is 0 Å². The number of hydrogen-bond donors (Lipinski definition) is 0. The van der Waals surface area contributed by atoms with Gasteiger partial charge in [-0.3, -0.25) is 4.57 Å². The average molecular weight is 791 g/mol. The van der Waals surface area contributed by atoms with Gasteiger partial charge >= 0.3 is 0 Å². The third-order valence-electron chi connectivity index (χ3n) is 12.2. The summed E-state index contributed by atoms with van der Waals surface area (Å²) in [6, 6.07) is 82.1. The molecule has 290 valence electrons. The van der Waals surface area contributed by atoms with E-state index in [1.807, 2.05) is 0 Å². The lowest BCUT2D eigenvalue weighted by atomic mass is 9.98. The molecule has 0 unspecified atom stereocenters. The zero-order valence-corrected chi connectivity index (χ0v) is 33.7. The van der Waals surface area contributed by atoms with Crippen LogP contribution in [0.3, 0.4) is 0 Å². The lowest BCUT2D eigenvalue weighted by molar-refractivity contribution is 0.996. The second kappa shape index (κ2) is 14.7. The monoisotopic (exact) mass is 790 g/mol. The summed E-state index contributed by atoms with van der Waals surface area (Å²) in [6.07, 6.45) is 0. The molecule has 62 heavy (non-hydrogen) atoms. The summed E-state index contributed by atoms with van der Waals surface area (Å²) in [7, 11) is 0. The van der Waals surface area contributed by atoms with E-state index in [0.29, 0.717) is 5.95 Å². The Morgan fingerprint density at radius 1 is 0.274 bits per heavy atom. The van der Waals surface area contributed by atoms with Crippen molar-refractivity contribution in [3.8, 4) is 67.5 Å². The number of hydrogen-bond acceptors (Lipinski definition) is 2. The Labute approximate surface area is 359 Å². The number of nitrogens with zero attached hydrogens (tertiary/aromatic N) is 4. The molecule has 0 aliphatic rings. The number of para-hydroxylation sites is 3. The van der Waals surface area contributed by atoms with Crippen LogP contribution in [0.4, 0.5) is 0 Å². The maximum atomic E-state index is 5.38. The molecule has 0 atom stereocenters. The van der Waals surface area contributed by atoms with Gasteiger partial charge in [-0.2, -0.15) is 0 Å². The summed E-state index contributed by atoms with van der Waals surface area (Å²) in [5, 5.41) is 4.78. The molecule has 12 aromatic rings. The van der Waals surface area contributed by atoms with Gasteiger partial charge in [0.05, 0.1) is 33.5 Å². The normalized spacial score (nSPS) is 11.5. The topological polar surface area (TPSA) is 35.6 Å². The molecule has 0 radical (unpaired) electrons. The zero-order chi connectivity index (χ0) is 41.0. The molecule has 0 N–H and O–H groups in total. The molecular formula is C58H38N4. The van der Waals surface area contributed by atoms with E-state index in [9.17, 15) is 0 Å². The Bertz CT molecular complexity index is 3490. The maximum Gasteiger partial charge on any atom is 0.235 e. The lowest BCUT2D eigenvalue weighted by Crippen LogP contribution is -2.04. The second-order valence-electron chi connectivity index (χ2n) is 15.8. The molecule has 0 bridgehead atoms. The standard InChI is InChI=1S/C58H38N4/c1-4-15-39(16-5-1)41-27-31-43(32-28-41)51-38-52(44-33-29-42(30-34-44)40-17-6-2-7-18-40)60-58(59-51)62-53-24-12-10-21-48(53)50-37-45(35-36-55(50)62)47-23-14-26-56-57(47)49-22-11-13-25-54(49)61(56)46-19-8-3-9-20-46/h1-38H. The van der Waals surface area contributed by atoms with Gasteiger partial charge in [0.15, 0.2) is 0 Å². The van der Waals surface area contributed by atoms with E-state index in [4.69, 9.17) is 9.97 Å². The maximum absolute atomic E-state index is 5.38. The average Bonchev–Trinajstić information content (AvgIpc) is 3.88. The Kier molecular flexibility index (Phi) is 8.46. The van der Waals surface area contributed by atoms with Crippen molar-refractivity contribution in [3.63, 3.8) is 0 Å². The molecule has 0 saturated carbocycles. The van der Waals surface area contributed by atoms with Crippen molar-refractivity contribution >= 4 is 43.6 Å². The van der Waals surface area contributed by atoms with Gasteiger partial charge in [0, 0.05) is 38.4 Å². The molecule has 9 aromatic carbocycles. The van der Waals surface area contributed by atoms with E-state index in [2.05, 4.69) is 240 Å². The summed E-state index contributed by atoms with van der Waals surface area (Å²) in [6.45, 7) is 0.